The smallest absolute Gasteiger partial charge is 0.303 e. The van der Waals surface area contributed by atoms with Gasteiger partial charge in [-0.3, -0.25) is 14.4 Å². The first kappa shape index (κ1) is 21.3. The van der Waals surface area contributed by atoms with Gasteiger partial charge in [0.25, 0.3) is 5.56 Å². The number of carbonyl (C=O) groups excluding carboxylic acids is 1. The first-order valence-electron chi connectivity index (χ1n) is 9.33. The lowest BCUT2D eigenvalue weighted by molar-refractivity contribution is -0.137. The average molecular weight is 426 g/mol. The summed E-state index contributed by atoms with van der Waals surface area (Å²) in [5.74, 6) is -1.38. The zero-order valence-corrected chi connectivity index (χ0v) is 17.0. The maximum absolute atomic E-state index is 12.9. The van der Waals surface area contributed by atoms with Crippen molar-refractivity contribution in [3.63, 3.8) is 0 Å². The number of carboxylic acids is 1. The second-order valence-corrected chi connectivity index (χ2v) is 7.18. The molecule has 0 aliphatic heterocycles. The maximum atomic E-state index is 12.9. The van der Waals surface area contributed by atoms with Gasteiger partial charge in [-0.15, -0.1) is 0 Å². The molecule has 0 atom stereocenters. The van der Waals surface area contributed by atoms with Crippen LogP contribution in [0.5, 0.6) is 0 Å². The molecule has 0 unspecified atom stereocenters. The van der Waals surface area contributed by atoms with E-state index in [1.165, 1.54) is 0 Å². The molecule has 1 heterocycles. The molecule has 30 heavy (non-hydrogen) atoms. The molecular weight excluding hydrogens is 406 g/mol. The Balaban J connectivity index is 2.04. The minimum Gasteiger partial charge on any atom is -0.481 e. The van der Waals surface area contributed by atoms with Crippen molar-refractivity contribution in [2.24, 2.45) is 5.10 Å². The fraction of sp³-hybridized carbons (Fsp3) is 0.182. The van der Waals surface area contributed by atoms with E-state index in [4.69, 9.17) is 16.7 Å². The summed E-state index contributed by atoms with van der Waals surface area (Å²) >= 11 is 6.20. The zero-order chi connectivity index (χ0) is 21.7. The van der Waals surface area contributed by atoms with Gasteiger partial charge in [0.05, 0.1) is 11.3 Å². The average Bonchev–Trinajstić information content (AvgIpc) is 2.71. The number of carboxylic acid groups (broad SMARTS) is 1. The Hall–Kier alpha value is -3.45. The van der Waals surface area contributed by atoms with Crippen LogP contribution in [0.25, 0.3) is 22.0 Å². The first-order valence-corrected chi connectivity index (χ1v) is 9.71. The van der Waals surface area contributed by atoms with Gasteiger partial charge in [-0.25, -0.2) is 5.43 Å². The van der Waals surface area contributed by atoms with Gasteiger partial charge in [0, 0.05) is 34.3 Å². The van der Waals surface area contributed by atoms with Crippen molar-refractivity contribution in [1.29, 1.82) is 0 Å². The number of hydrogen-bond acceptors (Lipinski definition) is 4. The Labute approximate surface area is 177 Å². The van der Waals surface area contributed by atoms with Crippen LogP contribution in [-0.4, -0.2) is 27.7 Å². The molecule has 154 valence electrons. The highest BCUT2D eigenvalue weighted by Gasteiger charge is 2.17. The molecule has 0 radical (unpaired) electrons. The SMILES string of the molecule is C/C(=N\NC(=O)CCCC(=O)O)c1c(-c2ccccc2)c2cc(Cl)ccc2[nH]c1=O. The van der Waals surface area contributed by atoms with E-state index in [1.807, 2.05) is 30.3 Å². The van der Waals surface area contributed by atoms with E-state index in [2.05, 4.69) is 15.5 Å². The Bertz CT molecular complexity index is 1190. The van der Waals surface area contributed by atoms with Gasteiger partial charge in [-0.2, -0.15) is 5.10 Å². The van der Waals surface area contributed by atoms with Crippen molar-refractivity contribution in [2.75, 3.05) is 0 Å². The molecule has 3 aromatic rings. The Morgan fingerprint density at radius 2 is 1.87 bits per heavy atom. The topological polar surface area (TPSA) is 112 Å². The third-order valence-corrected chi connectivity index (χ3v) is 4.78. The largest absolute Gasteiger partial charge is 0.481 e. The van der Waals surface area contributed by atoms with E-state index in [0.29, 0.717) is 27.4 Å². The number of hydrazone groups is 1. The number of pyridine rings is 1. The summed E-state index contributed by atoms with van der Waals surface area (Å²) in [7, 11) is 0. The van der Waals surface area contributed by atoms with E-state index in [-0.39, 0.29) is 24.8 Å². The van der Waals surface area contributed by atoms with Crippen molar-refractivity contribution in [2.45, 2.75) is 26.2 Å². The molecular formula is C22H20ClN3O4. The summed E-state index contributed by atoms with van der Waals surface area (Å²) in [6, 6.07) is 14.6. The summed E-state index contributed by atoms with van der Waals surface area (Å²) < 4.78 is 0. The second-order valence-electron chi connectivity index (χ2n) is 6.74. The predicted octanol–water partition coefficient (Wildman–Crippen LogP) is 3.94. The molecule has 2 aromatic carbocycles. The molecule has 3 N–H and O–H groups in total. The minimum atomic E-state index is -0.962. The summed E-state index contributed by atoms with van der Waals surface area (Å²) in [4.78, 5) is 38.2. The summed E-state index contributed by atoms with van der Waals surface area (Å²) in [6.45, 7) is 1.63. The van der Waals surface area contributed by atoms with Crippen LogP contribution in [-0.2, 0) is 9.59 Å². The third-order valence-electron chi connectivity index (χ3n) is 4.54. The van der Waals surface area contributed by atoms with Crippen molar-refractivity contribution in [3.8, 4) is 11.1 Å². The summed E-state index contributed by atoms with van der Waals surface area (Å²) in [5.41, 5.74) is 4.81. The Morgan fingerprint density at radius 3 is 2.57 bits per heavy atom. The number of hydrogen-bond donors (Lipinski definition) is 3. The monoisotopic (exact) mass is 425 g/mol. The number of amides is 1. The highest BCUT2D eigenvalue weighted by atomic mass is 35.5. The number of halogens is 1. The lowest BCUT2D eigenvalue weighted by Crippen LogP contribution is -2.23. The van der Waals surface area contributed by atoms with Gasteiger partial charge in [-0.1, -0.05) is 41.9 Å². The molecule has 8 heteroatoms. The first-order chi connectivity index (χ1) is 14.4. The number of nitrogens with one attached hydrogen (secondary N) is 2. The molecule has 0 aliphatic carbocycles. The quantitative estimate of drug-likeness (QED) is 0.393. The molecule has 0 aliphatic rings. The molecule has 0 saturated heterocycles. The lowest BCUT2D eigenvalue weighted by Gasteiger charge is -2.13. The third kappa shape index (κ3) is 4.93. The van der Waals surface area contributed by atoms with Gasteiger partial charge < -0.3 is 10.1 Å². The molecule has 1 amide bonds. The number of benzene rings is 2. The number of aromatic amines is 1. The Kier molecular flexibility index (Phi) is 6.64. The van der Waals surface area contributed by atoms with Crippen LogP contribution in [0.15, 0.2) is 58.4 Å². The van der Waals surface area contributed by atoms with Crippen LogP contribution in [0, 0.1) is 0 Å². The molecule has 0 saturated carbocycles. The van der Waals surface area contributed by atoms with Crippen LogP contribution in [0.3, 0.4) is 0 Å². The number of carbonyl (C=O) groups is 2. The van der Waals surface area contributed by atoms with E-state index in [9.17, 15) is 14.4 Å². The summed E-state index contributed by atoms with van der Waals surface area (Å²) in [6.07, 6.45) is 0.137. The van der Waals surface area contributed by atoms with E-state index in [1.54, 1.807) is 25.1 Å². The molecule has 1 aromatic heterocycles. The standard InChI is InChI=1S/C22H20ClN3O4/c1-13(25-26-18(27)8-5-9-19(28)29)20-21(14-6-3-2-4-7-14)16-12-15(23)10-11-17(16)24-22(20)30/h2-4,6-7,10-12H,5,8-9H2,1H3,(H,24,30)(H,26,27)(H,28,29)/b25-13+. The van der Waals surface area contributed by atoms with E-state index >= 15 is 0 Å². The number of nitrogens with zero attached hydrogens (tertiary/aromatic N) is 1. The summed E-state index contributed by atoms with van der Waals surface area (Å²) in [5, 5.41) is 14.0. The molecule has 7 nitrogen and oxygen atoms in total. The number of rotatable bonds is 7. The number of aromatic nitrogens is 1. The van der Waals surface area contributed by atoms with Crippen molar-refractivity contribution >= 4 is 40.1 Å². The number of aliphatic carboxylic acids is 1. The zero-order valence-electron chi connectivity index (χ0n) is 16.2. The fourth-order valence-electron chi connectivity index (χ4n) is 3.17. The van der Waals surface area contributed by atoms with Gasteiger partial charge in [0.1, 0.15) is 0 Å². The number of H-pyrrole nitrogens is 1. The van der Waals surface area contributed by atoms with Crippen molar-refractivity contribution in [1.82, 2.24) is 10.4 Å². The normalized spacial score (nSPS) is 11.5. The van der Waals surface area contributed by atoms with E-state index < -0.39 is 11.9 Å². The van der Waals surface area contributed by atoms with Crippen LogP contribution in [0.2, 0.25) is 5.02 Å². The highest BCUT2D eigenvalue weighted by molar-refractivity contribution is 6.31. The highest BCUT2D eigenvalue weighted by Crippen LogP contribution is 2.31. The van der Waals surface area contributed by atoms with Crippen molar-refractivity contribution in [3.05, 3.63) is 69.5 Å². The molecule has 3 rings (SSSR count). The maximum Gasteiger partial charge on any atom is 0.303 e. The van der Waals surface area contributed by atoms with Crippen LogP contribution in [0.4, 0.5) is 0 Å². The second kappa shape index (κ2) is 9.37. The van der Waals surface area contributed by atoms with E-state index in [0.717, 1.165) is 10.9 Å². The van der Waals surface area contributed by atoms with Gasteiger partial charge in [0.15, 0.2) is 0 Å². The van der Waals surface area contributed by atoms with Crippen LogP contribution < -0.4 is 11.0 Å². The lowest BCUT2D eigenvalue weighted by atomic mass is 9.94. The molecule has 0 spiro atoms. The van der Waals surface area contributed by atoms with Crippen LogP contribution in [0.1, 0.15) is 31.7 Å². The number of fused-ring (bicyclic) bond motifs is 1. The fourth-order valence-corrected chi connectivity index (χ4v) is 3.35. The minimum absolute atomic E-state index is 0.0261. The van der Waals surface area contributed by atoms with Crippen molar-refractivity contribution < 1.29 is 14.7 Å². The Morgan fingerprint density at radius 1 is 1.13 bits per heavy atom. The van der Waals surface area contributed by atoms with Gasteiger partial charge in [-0.05, 0) is 37.1 Å². The van der Waals surface area contributed by atoms with Gasteiger partial charge in [0.2, 0.25) is 5.91 Å². The molecule has 0 bridgehead atoms. The predicted molar refractivity (Wildman–Crippen MR) is 117 cm³/mol. The van der Waals surface area contributed by atoms with Crippen LogP contribution >= 0.6 is 11.6 Å². The molecule has 0 fully saturated rings. The van der Waals surface area contributed by atoms with Gasteiger partial charge >= 0.3 is 5.97 Å².